The lowest BCUT2D eigenvalue weighted by Gasteiger charge is -2.17. The van der Waals surface area contributed by atoms with E-state index in [0.717, 1.165) is 29.5 Å². The zero-order valence-electron chi connectivity index (χ0n) is 12.3. The van der Waals surface area contributed by atoms with Crippen LogP contribution in [0.25, 0.3) is 16.8 Å². The quantitative estimate of drug-likeness (QED) is 0.571. The molecule has 0 heterocycles. The lowest BCUT2D eigenvalue weighted by molar-refractivity contribution is 0.102. The zero-order chi connectivity index (χ0) is 14.9. The van der Waals surface area contributed by atoms with Gasteiger partial charge in [-0.2, -0.15) is 0 Å². The standard InChI is InChI=1S/C21H16O/c22-21-19(12-11-17-6-3-4-8-20(17)21)14-15-9-10-16-5-1-2-7-18(16)13-15/h1-10,13-14H,11-12H2/b19-14+. The molecule has 1 aliphatic carbocycles. The van der Waals surface area contributed by atoms with Gasteiger partial charge in [-0.15, -0.1) is 0 Å². The summed E-state index contributed by atoms with van der Waals surface area (Å²) >= 11 is 0. The van der Waals surface area contributed by atoms with Crippen LogP contribution in [0.4, 0.5) is 0 Å². The average Bonchev–Trinajstić information content (AvgIpc) is 2.57. The lowest BCUT2D eigenvalue weighted by atomic mass is 9.86. The van der Waals surface area contributed by atoms with Gasteiger partial charge in [0.1, 0.15) is 0 Å². The molecule has 0 aliphatic heterocycles. The number of aryl methyl sites for hydroxylation is 1. The smallest absolute Gasteiger partial charge is 0.189 e. The van der Waals surface area contributed by atoms with E-state index in [4.69, 9.17) is 0 Å². The van der Waals surface area contributed by atoms with E-state index in [9.17, 15) is 4.79 Å². The zero-order valence-corrected chi connectivity index (χ0v) is 12.3. The highest BCUT2D eigenvalue weighted by Crippen LogP contribution is 2.27. The van der Waals surface area contributed by atoms with Crippen LogP contribution in [0, 0.1) is 0 Å². The molecule has 0 saturated carbocycles. The second-order valence-electron chi connectivity index (χ2n) is 5.76. The summed E-state index contributed by atoms with van der Waals surface area (Å²) in [5, 5.41) is 2.44. The Kier molecular flexibility index (Phi) is 3.12. The number of ketones is 1. The van der Waals surface area contributed by atoms with Gasteiger partial charge in [-0.3, -0.25) is 4.79 Å². The first-order valence-corrected chi connectivity index (χ1v) is 7.63. The summed E-state index contributed by atoms with van der Waals surface area (Å²) in [6, 6.07) is 22.6. The average molecular weight is 284 g/mol. The van der Waals surface area contributed by atoms with Gasteiger partial charge in [0.2, 0.25) is 0 Å². The lowest BCUT2D eigenvalue weighted by Crippen LogP contribution is -2.13. The van der Waals surface area contributed by atoms with Gasteiger partial charge in [0.15, 0.2) is 5.78 Å². The molecule has 0 aromatic heterocycles. The van der Waals surface area contributed by atoms with E-state index in [2.05, 4.69) is 36.4 Å². The van der Waals surface area contributed by atoms with Gasteiger partial charge in [-0.05, 0) is 46.9 Å². The molecule has 1 heteroatoms. The number of carbonyl (C=O) groups is 1. The van der Waals surface area contributed by atoms with Gasteiger partial charge in [0.05, 0.1) is 0 Å². The predicted molar refractivity (Wildman–Crippen MR) is 91.0 cm³/mol. The van der Waals surface area contributed by atoms with Gasteiger partial charge >= 0.3 is 0 Å². The topological polar surface area (TPSA) is 17.1 Å². The highest BCUT2D eigenvalue weighted by Gasteiger charge is 2.20. The van der Waals surface area contributed by atoms with Crippen molar-refractivity contribution in [2.24, 2.45) is 0 Å². The third-order valence-electron chi connectivity index (χ3n) is 4.33. The maximum absolute atomic E-state index is 12.6. The van der Waals surface area contributed by atoms with E-state index in [1.54, 1.807) is 0 Å². The van der Waals surface area contributed by atoms with Crippen LogP contribution >= 0.6 is 0 Å². The summed E-state index contributed by atoms with van der Waals surface area (Å²) in [6.45, 7) is 0. The molecule has 1 nitrogen and oxygen atoms in total. The molecule has 0 unspecified atom stereocenters. The largest absolute Gasteiger partial charge is 0.289 e. The number of hydrogen-bond donors (Lipinski definition) is 0. The fourth-order valence-electron chi connectivity index (χ4n) is 3.15. The second-order valence-corrected chi connectivity index (χ2v) is 5.76. The SMILES string of the molecule is O=C1/C(=C/c2ccc3ccccc3c2)CCc2ccccc21. The fourth-order valence-corrected chi connectivity index (χ4v) is 3.15. The molecule has 22 heavy (non-hydrogen) atoms. The van der Waals surface area contributed by atoms with Gasteiger partial charge in [0, 0.05) is 11.1 Å². The van der Waals surface area contributed by atoms with E-state index in [-0.39, 0.29) is 5.78 Å². The van der Waals surface area contributed by atoms with Gasteiger partial charge in [0.25, 0.3) is 0 Å². The van der Waals surface area contributed by atoms with Crippen LogP contribution in [-0.4, -0.2) is 5.78 Å². The molecule has 0 saturated heterocycles. The van der Waals surface area contributed by atoms with Crippen molar-refractivity contribution in [1.29, 1.82) is 0 Å². The van der Waals surface area contributed by atoms with E-state index in [1.807, 2.05) is 36.4 Å². The monoisotopic (exact) mass is 284 g/mol. The van der Waals surface area contributed by atoms with Crippen LogP contribution in [0.1, 0.15) is 27.9 Å². The maximum Gasteiger partial charge on any atom is 0.189 e. The molecule has 0 amide bonds. The first-order valence-electron chi connectivity index (χ1n) is 7.63. The predicted octanol–water partition coefficient (Wildman–Crippen LogP) is 5.05. The van der Waals surface area contributed by atoms with E-state index < -0.39 is 0 Å². The molecule has 3 aromatic rings. The summed E-state index contributed by atoms with van der Waals surface area (Å²) in [5.74, 6) is 0.176. The Bertz CT molecular complexity index is 902. The molecular weight excluding hydrogens is 268 g/mol. The molecule has 0 N–H and O–H groups in total. The Morgan fingerprint density at radius 1 is 0.773 bits per heavy atom. The van der Waals surface area contributed by atoms with Crippen LogP contribution in [0.5, 0.6) is 0 Å². The first kappa shape index (κ1) is 13.0. The van der Waals surface area contributed by atoms with Crippen LogP contribution in [0.15, 0.2) is 72.3 Å². The molecule has 0 fully saturated rings. The highest BCUT2D eigenvalue weighted by atomic mass is 16.1. The molecule has 106 valence electrons. The number of Topliss-reactive ketones (excluding diaryl/α,β-unsaturated/α-hetero) is 1. The van der Waals surface area contributed by atoms with Crippen LogP contribution in [0.3, 0.4) is 0 Å². The summed E-state index contributed by atoms with van der Waals surface area (Å²) in [5.41, 5.74) is 4.04. The minimum atomic E-state index is 0.176. The highest BCUT2D eigenvalue weighted by molar-refractivity contribution is 6.13. The Labute approximate surface area is 129 Å². The first-order chi connectivity index (χ1) is 10.8. The summed E-state index contributed by atoms with van der Waals surface area (Å²) < 4.78 is 0. The summed E-state index contributed by atoms with van der Waals surface area (Å²) in [4.78, 5) is 12.6. The Morgan fingerprint density at radius 3 is 2.45 bits per heavy atom. The minimum absolute atomic E-state index is 0.176. The molecule has 1 aliphatic rings. The molecule has 0 atom stereocenters. The number of allylic oxidation sites excluding steroid dienone is 1. The van der Waals surface area contributed by atoms with E-state index in [0.29, 0.717) is 0 Å². The number of benzene rings is 3. The van der Waals surface area contributed by atoms with Crippen LogP contribution < -0.4 is 0 Å². The van der Waals surface area contributed by atoms with Crippen LogP contribution in [0.2, 0.25) is 0 Å². The maximum atomic E-state index is 12.6. The van der Waals surface area contributed by atoms with Crippen molar-refractivity contribution in [2.45, 2.75) is 12.8 Å². The fraction of sp³-hybridized carbons (Fsp3) is 0.0952. The Hall–Kier alpha value is -2.67. The molecule has 4 rings (SSSR count). The van der Waals surface area contributed by atoms with Gasteiger partial charge in [-0.25, -0.2) is 0 Å². The van der Waals surface area contributed by atoms with Crippen LogP contribution in [-0.2, 0) is 6.42 Å². The van der Waals surface area contributed by atoms with Gasteiger partial charge in [-0.1, -0.05) is 60.7 Å². The molecule has 0 spiro atoms. The number of rotatable bonds is 1. The summed E-state index contributed by atoms with van der Waals surface area (Å²) in [7, 11) is 0. The van der Waals surface area contributed by atoms with Crippen molar-refractivity contribution in [1.82, 2.24) is 0 Å². The number of hydrogen-bond acceptors (Lipinski definition) is 1. The normalized spacial score (nSPS) is 16.0. The number of carbonyl (C=O) groups excluding carboxylic acids is 1. The van der Waals surface area contributed by atoms with Crippen molar-refractivity contribution < 1.29 is 4.79 Å². The third kappa shape index (κ3) is 2.25. The van der Waals surface area contributed by atoms with E-state index >= 15 is 0 Å². The number of fused-ring (bicyclic) bond motifs is 2. The molecule has 3 aromatic carbocycles. The van der Waals surface area contributed by atoms with Crippen molar-refractivity contribution >= 4 is 22.6 Å². The Morgan fingerprint density at radius 2 is 1.55 bits per heavy atom. The van der Waals surface area contributed by atoms with Crippen molar-refractivity contribution in [2.75, 3.05) is 0 Å². The van der Waals surface area contributed by atoms with E-state index in [1.165, 1.54) is 16.3 Å². The molecule has 0 radical (unpaired) electrons. The third-order valence-corrected chi connectivity index (χ3v) is 4.33. The van der Waals surface area contributed by atoms with Crippen molar-refractivity contribution in [3.63, 3.8) is 0 Å². The minimum Gasteiger partial charge on any atom is -0.289 e. The Balaban J connectivity index is 1.74. The van der Waals surface area contributed by atoms with Crippen molar-refractivity contribution in [3.8, 4) is 0 Å². The molecular formula is C21H16O. The molecule has 0 bridgehead atoms. The van der Waals surface area contributed by atoms with Gasteiger partial charge < -0.3 is 0 Å². The second kappa shape index (κ2) is 5.27. The van der Waals surface area contributed by atoms with Crippen molar-refractivity contribution in [3.05, 3.63) is 89.0 Å². The summed E-state index contributed by atoms with van der Waals surface area (Å²) in [6.07, 6.45) is 3.81.